The molecule has 0 radical (unpaired) electrons. The van der Waals surface area contributed by atoms with Gasteiger partial charge in [-0.1, -0.05) is 20.8 Å². The summed E-state index contributed by atoms with van der Waals surface area (Å²) in [6, 6.07) is 0. The van der Waals surface area contributed by atoms with E-state index in [1.165, 1.54) is 6.42 Å². The Morgan fingerprint density at radius 3 is 2.88 bits per heavy atom. The number of amides is 1. The van der Waals surface area contributed by atoms with Gasteiger partial charge in [-0.25, -0.2) is 4.98 Å². The lowest BCUT2D eigenvalue weighted by atomic mass is 9.61. The van der Waals surface area contributed by atoms with Crippen LogP contribution in [0, 0.1) is 17.8 Å². The molecule has 24 heavy (non-hydrogen) atoms. The van der Waals surface area contributed by atoms with Crippen LogP contribution >= 0.6 is 12.4 Å². The Morgan fingerprint density at radius 2 is 2.17 bits per heavy atom. The molecule has 0 aromatic carbocycles. The fraction of sp³-hybridized carbons (Fsp3) is 0.778. The molecule has 3 atom stereocenters. The van der Waals surface area contributed by atoms with Gasteiger partial charge < -0.3 is 14.6 Å². The van der Waals surface area contributed by atoms with Crippen LogP contribution in [0.25, 0.3) is 0 Å². The first-order valence-corrected chi connectivity index (χ1v) is 8.92. The normalized spacial score (nSPS) is 29.1. The molecule has 1 N–H and O–H groups in total. The van der Waals surface area contributed by atoms with Crippen molar-refractivity contribution in [1.29, 1.82) is 0 Å². The lowest BCUT2D eigenvalue weighted by Gasteiger charge is -2.48. The molecule has 6 heteroatoms. The van der Waals surface area contributed by atoms with Crippen LogP contribution < -0.4 is 5.32 Å². The molecular formula is C18H28ClN3O2. The molecule has 0 spiro atoms. The van der Waals surface area contributed by atoms with E-state index in [2.05, 4.69) is 31.1 Å². The molecular weight excluding hydrogens is 326 g/mol. The number of aromatic nitrogens is 1. The molecule has 1 saturated heterocycles. The Labute approximate surface area is 150 Å². The van der Waals surface area contributed by atoms with E-state index >= 15 is 0 Å². The third-order valence-corrected chi connectivity index (χ3v) is 5.75. The highest BCUT2D eigenvalue weighted by Gasteiger charge is 2.47. The summed E-state index contributed by atoms with van der Waals surface area (Å²) >= 11 is 0. The second-order valence-electron chi connectivity index (χ2n) is 8.41. The first-order chi connectivity index (χ1) is 10.9. The van der Waals surface area contributed by atoms with Crippen molar-refractivity contribution in [3.8, 4) is 0 Å². The largest absolute Gasteiger partial charge is 0.445 e. The number of halogens is 1. The maximum Gasteiger partial charge on any atom is 0.226 e. The standard InChI is InChI=1S/C18H27N3O2.ClH/c1-18(2,3)17-20-14-10-21(7-5-15(14)23-17)16(22)12-8-11-4-6-19-9-13(11)12;/h11-13,19H,4-10H2,1-3H3;1H/t11-,12-,13-;/m1./s1. The van der Waals surface area contributed by atoms with E-state index in [0.29, 0.717) is 18.4 Å². The van der Waals surface area contributed by atoms with Crippen LogP contribution in [0.15, 0.2) is 4.42 Å². The molecule has 3 aliphatic rings. The number of hydrogen-bond acceptors (Lipinski definition) is 4. The van der Waals surface area contributed by atoms with Gasteiger partial charge >= 0.3 is 0 Å². The van der Waals surface area contributed by atoms with Crippen LogP contribution in [0.2, 0.25) is 0 Å². The maximum absolute atomic E-state index is 12.9. The molecule has 2 aliphatic heterocycles. The van der Waals surface area contributed by atoms with E-state index in [9.17, 15) is 4.79 Å². The summed E-state index contributed by atoms with van der Waals surface area (Å²) in [7, 11) is 0. The second kappa shape index (κ2) is 6.34. The Hall–Kier alpha value is -1.07. The molecule has 1 saturated carbocycles. The average molecular weight is 354 g/mol. The molecule has 134 valence electrons. The number of nitrogens with one attached hydrogen (secondary N) is 1. The Kier molecular flexibility index (Phi) is 4.69. The van der Waals surface area contributed by atoms with Gasteiger partial charge in [-0.2, -0.15) is 0 Å². The Bertz CT molecular complexity index is 622. The van der Waals surface area contributed by atoms with Crippen molar-refractivity contribution in [1.82, 2.24) is 15.2 Å². The molecule has 5 nitrogen and oxygen atoms in total. The van der Waals surface area contributed by atoms with Crippen molar-refractivity contribution >= 4 is 18.3 Å². The summed E-state index contributed by atoms with van der Waals surface area (Å²) < 4.78 is 5.93. The van der Waals surface area contributed by atoms with Crippen molar-refractivity contribution in [3.05, 3.63) is 17.3 Å². The summed E-state index contributed by atoms with van der Waals surface area (Å²) in [6.45, 7) is 9.84. The lowest BCUT2D eigenvalue weighted by molar-refractivity contribution is -0.146. The van der Waals surface area contributed by atoms with Gasteiger partial charge in [-0.3, -0.25) is 4.79 Å². The molecule has 1 amide bonds. The van der Waals surface area contributed by atoms with Crippen LogP contribution in [0.4, 0.5) is 0 Å². The van der Waals surface area contributed by atoms with Crippen molar-refractivity contribution in [3.63, 3.8) is 0 Å². The van der Waals surface area contributed by atoms with Crippen molar-refractivity contribution < 1.29 is 9.21 Å². The number of nitrogens with zero attached hydrogens (tertiary/aromatic N) is 2. The van der Waals surface area contributed by atoms with Crippen LogP contribution in [-0.2, 0) is 23.2 Å². The zero-order chi connectivity index (χ0) is 16.2. The summed E-state index contributed by atoms with van der Waals surface area (Å²) in [6.07, 6.45) is 3.11. The van der Waals surface area contributed by atoms with Crippen molar-refractivity contribution in [2.45, 2.75) is 52.0 Å². The third kappa shape index (κ3) is 2.97. The highest BCUT2D eigenvalue weighted by Crippen LogP contribution is 2.45. The lowest BCUT2D eigenvalue weighted by Crippen LogP contribution is -2.55. The minimum absolute atomic E-state index is 0. The van der Waals surface area contributed by atoms with Crippen LogP contribution in [0.3, 0.4) is 0 Å². The number of hydrogen-bond donors (Lipinski definition) is 1. The van der Waals surface area contributed by atoms with Crippen LogP contribution in [0.1, 0.15) is 51.0 Å². The average Bonchev–Trinajstić information content (AvgIpc) is 2.91. The van der Waals surface area contributed by atoms with Gasteiger partial charge in [0.05, 0.1) is 6.54 Å². The number of carbonyl (C=O) groups is 1. The smallest absolute Gasteiger partial charge is 0.226 e. The molecule has 4 rings (SSSR count). The monoisotopic (exact) mass is 353 g/mol. The summed E-state index contributed by atoms with van der Waals surface area (Å²) in [5.41, 5.74) is 0.883. The SMILES string of the molecule is CC(C)(C)c1nc2c(o1)CCN(C(=O)[C@@H]1C[C@H]3CCNC[C@H]31)C2.Cl. The minimum Gasteiger partial charge on any atom is -0.445 e. The van der Waals surface area contributed by atoms with Gasteiger partial charge in [-0.15, -0.1) is 12.4 Å². The maximum atomic E-state index is 12.9. The van der Waals surface area contributed by atoms with E-state index in [0.717, 1.165) is 55.7 Å². The molecule has 0 bridgehead atoms. The fourth-order valence-corrected chi connectivity index (χ4v) is 4.23. The quantitative estimate of drug-likeness (QED) is 0.842. The van der Waals surface area contributed by atoms with E-state index in [-0.39, 0.29) is 23.7 Å². The van der Waals surface area contributed by atoms with Gasteiger partial charge in [0.25, 0.3) is 0 Å². The van der Waals surface area contributed by atoms with Crippen LogP contribution in [0.5, 0.6) is 0 Å². The zero-order valence-corrected chi connectivity index (χ0v) is 15.6. The summed E-state index contributed by atoms with van der Waals surface area (Å²) in [5, 5.41) is 3.44. The summed E-state index contributed by atoms with van der Waals surface area (Å²) in [4.78, 5) is 19.6. The molecule has 1 aromatic heterocycles. The first-order valence-electron chi connectivity index (χ1n) is 8.92. The highest BCUT2D eigenvalue weighted by molar-refractivity contribution is 5.85. The molecule has 1 aromatic rings. The topological polar surface area (TPSA) is 58.4 Å². The van der Waals surface area contributed by atoms with Gasteiger partial charge in [0.15, 0.2) is 5.89 Å². The minimum atomic E-state index is -0.0822. The van der Waals surface area contributed by atoms with Gasteiger partial charge in [0.2, 0.25) is 5.91 Å². The van der Waals surface area contributed by atoms with Gasteiger partial charge in [0, 0.05) is 24.3 Å². The first kappa shape index (κ1) is 17.7. The number of carbonyl (C=O) groups excluding carboxylic acids is 1. The number of fused-ring (bicyclic) bond motifs is 2. The number of rotatable bonds is 1. The van der Waals surface area contributed by atoms with Crippen LogP contribution in [-0.4, -0.2) is 35.4 Å². The fourth-order valence-electron chi connectivity index (χ4n) is 4.23. The van der Waals surface area contributed by atoms with Gasteiger partial charge in [-0.05, 0) is 37.8 Å². The van der Waals surface area contributed by atoms with Gasteiger partial charge in [0.1, 0.15) is 11.5 Å². The molecule has 3 heterocycles. The van der Waals surface area contributed by atoms with E-state index in [1.807, 2.05) is 4.90 Å². The number of piperidine rings is 1. The Balaban J connectivity index is 0.00000169. The van der Waals surface area contributed by atoms with Crippen molar-refractivity contribution in [2.24, 2.45) is 17.8 Å². The van der Waals surface area contributed by atoms with E-state index in [1.54, 1.807) is 0 Å². The third-order valence-electron chi connectivity index (χ3n) is 5.75. The summed E-state index contributed by atoms with van der Waals surface area (Å²) in [5.74, 6) is 3.65. The molecule has 0 unspecified atom stereocenters. The predicted molar refractivity (Wildman–Crippen MR) is 94.1 cm³/mol. The zero-order valence-electron chi connectivity index (χ0n) is 14.8. The predicted octanol–water partition coefficient (Wildman–Crippen LogP) is 2.52. The highest BCUT2D eigenvalue weighted by atomic mass is 35.5. The second-order valence-corrected chi connectivity index (χ2v) is 8.41. The number of oxazole rings is 1. The Morgan fingerprint density at radius 1 is 1.38 bits per heavy atom. The van der Waals surface area contributed by atoms with E-state index < -0.39 is 0 Å². The van der Waals surface area contributed by atoms with Crippen molar-refractivity contribution in [2.75, 3.05) is 19.6 Å². The van der Waals surface area contributed by atoms with E-state index in [4.69, 9.17) is 4.42 Å². The molecule has 2 fully saturated rings. The molecule has 1 aliphatic carbocycles.